The van der Waals surface area contributed by atoms with E-state index in [1.54, 1.807) is 34.6 Å². The summed E-state index contributed by atoms with van der Waals surface area (Å²) in [7, 11) is 0. The molecule has 0 aromatic rings. The standard InChI is InChI=1S/C12H23NO5/c1-8(2)13(7-6-9(14)10(15)16)11(17)18-12(3,4)5/h8-9,14H,6-7H2,1-5H3,(H,15,16). The van der Waals surface area contributed by atoms with Gasteiger partial charge in [0.05, 0.1) is 0 Å². The number of carboxylic acids is 1. The highest BCUT2D eigenvalue weighted by Crippen LogP contribution is 2.12. The van der Waals surface area contributed by atoms with Crippen LogP contribution >= 0.6 is 0 Å². The Kier molecular flexibility index (Phi) is 6.11. The van der Waals surface area contributed by atoms with Crippen LogP contribution in [0.5, 0.6) is 0 Å². The number of carbonyl (C=O) groups is 2. The van der Waals surface area contributed by atoms with E-state index >= 15 is 0 Å². The van der Waals surface area contributed by atoms with Crippen LogP contribution in [0.2, 0.25) is 0 Å². The summed E-state index contributed by atoms with van der Waals surface area (Å²) >= 11 is 0. The minimum atomic E-state index is -1.46. The van der Waals surface area contributed by atoms with E-state index in [2.05, 4.69) is 0 Å². The SMILES string of the molecule is CC(C)N(CCC(O)C(=O)O)C(=O)OC(C)(C)C. The van der Waals surface area contributed by atoms with Crippen molar-refractivity contribution in [3.05, 3.63) is 0 Å². The number of amides is 1. The van der Waals surface area contributed by atoms with E-state index in [0.717, 1.165) is 0 Å². The quantitative estimate of drug-likeness (QED) is 0.782. The normalized spacial score (nSPS) is 13.3. The van der Waals surface area contributed by atoms with Gasteiger partial charge in [0.15, 0.2) is 6.10 Å². The first-order valence-electron chi connectivity index (χ1n) is 5.95. The molecule has 0 aliphatic rings. The third kappa shape index (κ3) is 6.44. The Labute approximate surface area is 108 Å². The van der Waals surface area contributed by atoms with Gasteiger partial charge in [-0.1, -0.05) is 0 Å². The lowest BCUT2D eigenvalue weighted by Crippen LogP contribution is -2.42. The molecular formula is C12H23NO5. The number of aliphatic hydroxyl groups excluding tert-OH is 1. The molecule has 0 spiro atoms. The van der Waals surface area contributed by atoms with Crippen molar-refractivity contribution in [2.45, 2.75) is 58.8 Å². The van der Waals surface area contributed by atoms with Crippen LogP contribution in [0.3, 0.4) is 0 Å². The van der Waals surface area contributed by atoms with Gasteiger partial charge in [-0.25, -0.2) is 9.59 Å². The first-order valence-corrected chi connectivity index (χ1v) is 5.95. The number of aliphatic carboxylic acids is 1. The van der Waals surface area contributed by atoms with Crippen LogP contribution in [0.25, 0.3) is 0 Å². The molecule has 0 bridgehead atoms. The fraction of sp³-hybridized carbons (Fsp3) is 0.833. The maximum atomic E-state index is 11.9. The number of hydrogen-bond donors (Lipinski definition) is 2. The molecule has 0 heterocycles. The zero-order valence-corrected chi connectivity index (χ0v) is 11.6. The lowest BCUT2D eigenvalue weighted by Gasteiger charge is -2.30. The van der Waals surface area contributed by atoms with E-state index in [0.29, 0.717) is 0 Å². The molecule has 0 saturated carbocycles. The van der Waals surface area contributed by atoms with Crippen LogP contribution in [0, 0.1) is 0 Å². The van der Waals surface area contributed by atoms with E-state index in [-0.39, 0.29) is 19.0 Å². The highest BCUT2D eigenvalue weighted by Gasteiger charge is 2.25. The molecule has 1 atom stereocenters. The van der Waals surface area contributed by atoms with Crippen LogP contribution in [-0.2, 0) is 9.53 Å². The average molecular weight is 261 g/mol. The number of nitrogens with zero attached hydrogens (tertiary/aromatic N) is 1. The van der Waals surface area contributed by atoms with Crippen molar-refractivity contribution in [1.82, 2.24) is 4.90 Å². The molecular weight excluding hydrogens is 238 g/mol. The summed E-state index contributed by atoms with van der Waals surface area (Å²) in [6, 6.07) is -0.124. The highest BCUT2D eigenvalue weighted by molar-refractivity contribution is 5.72. The summed E-state index contributed by atoms with van der Waals surface area (Å²) in [5.74, 6) is -1.29. The molecule has 18 heavy (non-hydrogen) atoms. The van der Waals surface area contributed by atoms with E-state index < -0.39 is 23.8 Å². The molecule has 0 aliphatic carbocycles. The van der Waals surface area contributed by atoms with Gasteiger partial charge in [-0.05, 0) is 34.6 Å². The molecule has 0 aromatic heterocycles. The molecule has 106 valence electrons. The highest BCUT2D eigenvalue weighted by atomic mass is 16.6. The molecule has 1 amide bonds. The Balaban J connectivity index is 4.49. The van der Waals surface area contributed by atoms with Crippen LogP contribution in [0.15, 0.2) is 0 Å². The lowest BCUT2D eigenvalue weighted by molar-refractivity contribution is -0.147. The zero-order valence-electron chi connectivity index (χ0n) is 11.6. The second kappa shape index (κ2) is 6.58. The number of carbonyl (C=O) groups excluding carboxylic acids is 1. The van der Waals surface area contributed by atoms with E-state index in [4.69, 9.17) is 9.84 Å². The number of hydrogen-bond acceptors (Lipinski definition) is 4. The maximum absolute atomic E-state index is 11.9. The smallest absolute Gasteiger partial charge is 0.410 e. The molecule has 0 fully saturated rings. The molecule has 1 unspecified atom stereocenters. The largest absolute Gasteiger partial charge is 0.479 e. The number of carboxylic acid groups (broad SMARTS) is 1. The van der Waals surface area contributed by atoms with Gasteiger partial charge < -0.3 is 19.8 Å². The van der Waals surface area contributed by atoms with Crippen LogP contribution in [0.1, 0.15) is 41.0 Å². The predicted octanol–water partition coefficient (Wildman–Crippen LogP) is 1.47. The van der Waals surface area contributed by atoms with E-state index in [1.165, 1.54) is 4.90 Å². The monoisotopic (exact) mass is 261 g/mol. The number of ether oxygens (including phenoxy) is 1. The number of aliphatic hydroxyl groups is 1. The Morgan fingerprint density at radius 2 is 1.78 bits per heavy atom. The second-order valence-electron chi connectivity index (χ2n) is 5.41. The summed E-state index contributed by atoms with van der Waals surface area (Å²) in [4.78, 5) is 23.8. The number of rotatable bonds is 5. The van der Waals surface area contributed by atoms with Gasteiger partial charge in [0.2, 0.25) is 0 Å². The predicted molar refractivity (Wildman–Crippen MR) is 66.3 cm³/mol. The van der Waals surface area contributed by atoms with Gasteiger partial charge in [-0.2, -0.15) is 0 Å². The van der Waals surface area contributed by atoms with Crippen molar-refractivity contribution in [3.8, 4) is 0 Å². The van der Waals surface area contributed by atoms with Crippen LogP contribution in [-0.4, -0.2) is 51.5 Å². The first kappa shape index (κ1) is 16.7. The molecule has 2 N–H and O–H groups in total. The molecule has 6 nitrogen and oxygen atoms in total. The summed E-state index contributed by atoms with van der Waals surface area (Å²) in [5.41, 5.74) is -0.602. The second-order valence-corrected chi connectivity index (χ2v) is 5.41. The minimum absolute atomic E-state index is 0.0211. The molecule has 0 aromatic carbocycles. The van der Waals surface area contributed by atoms with Gasteiger partial charge in [0, 0.05) is 19.0 Å². The average Bonchev–Trinajstić information content (AvgIpc) is 2.13. The summed E-state index contributed by atoms with van der Waals surface area (Å²) in [5, 5.41) is 17.8. The summed E-state index contributed by atoms with van der Waals surface area (Å²) in [6.45, 7) is 9.02. The van der Waals surface area contributed by atoms with Gasteiger partial charge in [-0.15, -0.1) is 0 Å². The van der Waals surface area contributed by atoms with Crippen molar-refractivity contribution in [2.24, 2.45) is 0 Å². The van der Waals surface area contributed by atoms with Crippen molar-refractivity contribution < 1.29 is 24.5 Å². The Morgan fingerprint density at radius 1 is 1.28 bits per heavy atom. The van der Waals surface area contributed by atoms with Crippen molar-refractivity contribution >= 4 is 12.1 Å². The Bertz CT molecular complexity index is 295. The molecule has 0 saturated heterocycles. The van der Waals surface area contributed by atoms with Crippen LogP contribution in [0.4, 0.5) is 4.79 Å². The van der Waals surface area contributed by atoms with Gasteiger partial charge in [-0.3, -0.25) is 0 Å². The minimum Gasteiger partial charge on any atom is -0.479 e. The fourth-order valence-electron chi connectivity index (χ4n) is 1.27. The third-order valence-corrected chi connectivity index (χ3v) is 2.18. The molecule has 0 rings (SSSR count). The molecule has 6 heteroatoms. The van der Waals surface area contributed by atoms with Gasteiger partial charge in [0.1, 0.15) is 5.60 Å². The van der Waals surface area contributed by atoms with E-state index in [9.17, 15) is 14.7 Å². The molecule has 0 radical (unpaired) electrons. The van der Waals surface area contributed by atoms with Crippen LogP contribution < -0.4 is 0 Å². The summed E-state index contributed by atoms with van der Waals surface area (Å²) in [6.07, 6.45) is -1.99. The lowest BCUT2D eigenvalue weighted by atomic mass is 10.2. The summed E-state index contributed by atoms with van der Waals surface area (Å²) < 4.78 is 5.21. The van der Waals surface area contributed by atoms with Crippen molar-refractivity contribution in [3.63, 3.8) is 0 Å². The Morgan fingerprint density at radius 3 is 2.11 bits per heavy atom. The fourth-order valence-corrected chi connectivity index (χ4v) is 1.27. The van der Waals surface area contributed by atoms with Crippen molar-refractivity contribution in [1.29, 1.82) is 0 Å². The van der Waals surface area contributed by atoms with Gasteiger partial charge in [0.25, 0.3) is 0 Å². The third-order valence-electron chi connectivity index (χ3n) is 2.18. The topological polar surface area (TPSA) is 87.1 Å². The maximum Gasteiger partial charge on any atom is 0.410 e. The molecule has 0 aliphatic heterocycles. The van der Waals surface area contributed by atoms with Crippen molar-refractivity contribution in [2.75, 3.05) is 6.54 Å². The van der Waals surface area contributed by atoms with E-state index in [1.807, 2.05) is 0 Å². The first-order chi connectivity index (χ1) is 8.04. The van der Waals surface area contributed by atoms with Gasteiger partial charge >= 0.3 is 12.1 Å². The Hall–Kier alpha value is -1.30. The zero-order chi connectivity index (χ0) is 14.5.